The van der Waals surface area contributed by atoms with Crippen LogP contribution in [0.2, 0.25) is 5.02 Å². The van der Waals surface area contributed by atoms with Crippen LogP contribution in [0.4, 0.5) is 23.0 Å². The Bertz CT molecular complexity index is 1700. The van der Waals surface area contributed by atoms with E-state index in [0.717, 1.165) is 59.9 Å². The van der Waals surface area contributed by atoms with Crippen molar-refractivity contribution in [3.63, 3.8) is 0 Å². The fourth-order valence-electron chi connectivity index (χ4n) is 5.57. The van der Waals surface area contributed by atoms with Crippen LogP contribution < -0.4 is 25.0 Å². The van der Waals surface area contributed by atoms with Crippen molar-refractivity contribution in [2.45, 2.75) is 40.2 Å². The Morgan fingerprint density at radius 1 is 1.04 bits per heavy atom. The predicted molar refractivity (Wildman–Crippen MR) is 187 cm³/mol. The van der Waals surface area contributed by atoms with Crippen molar-refractivity contribution in [3.05, 3.63) is 101 Å². The molecule has 0 spiro atoms. The molecule has 1 aliphatic heterocycles. The quantitative estimate of drug-likeness (QED) is 0.161. The number of carbonyl (C=O) groups is 1. The molecular weight excluding hydrogens is 600 g/mol. The summed E-state index contributed by atoms with van der Waals surface area (Å²) in [5.74, 6) is 0.849. The molecule has 46 heavy (non-hydrogen) atoms. The first-order chi connectivity index (χ1) is 22.2. The number of para-hydroxylation sites is 2. The number of anilines is 4. The molecule has 10 heteroatoms. The molecule has 0 bridgehead atoms. The number of benzene rings is 3. The van der Waals surface area contributed by atoms with Crippen LogP contribution in [-0.2, 0) is 6.42 Å². The second-order valence-electron chi connectivity index (χ2n) is 11.6. The minimum atomic E-state index is -0.396. The molecule has 0 saturated carbocycles. The topological polar surface area (TPSA) is 91.9 Å². The number of aromatic nitrogens is 2. The number of nitrogens with zero attached hydrogens (tertiary/aromatic N) is 4. The normalized spacial score (nSPS) is 13.4. The molecule has 0 radical (unpaired) electrons. The summed E-state index contributed by atoms with van der Waals surface area (Å²) in [6, 6.07) is 17.7. The first kappa shape index (κ1) is 32.8. The van der Waals surface area contributed by atoms with E-state index in [1.54, 1.807) is 13.2 Å². The van der Waals surface area contributed by atoms with Gasteiger partial charge in [-0.3, -0.25) is 9.69 Å². The van der Waals surface area contributed by atoms with Gasteiger partial charge in [0.2, 0.25) is 11.8 Å². The van der Waals surface area contributed by atoms with Gasteiger partial charge in [0.25, 0.3) is 5.91 Å². The van der Waals surface area contributed by atoms with E-state index in [1.807, 2.05) is 68.5 Å². The molecule has 9 nitrogen and oxygen atoms in total. The zero-order chi connectivity index (χ0) is 32.8. The third-order valence-electron chi connectivity index (χ3n) is 8.13. The van der Waals surface area contributed by atoms with E-state index in [1.165, 1.54) is 6.20 Å². The lowest BCUT2D eigenvalue weighted by atomic mass is 10.1. The minimum Gasteiger partial charge on any atom is -0.493 e. The average molecular weight is 641 g/mol. The highest BCUT2D eigenvalue weighted by molar-refractivity contribution is 6.34. The van der Waals surface area contributed by atoms with E-state index in [2.05, 4.69) is 45.8 Å². The maximum atomic E-state index is 13.7. The molecule has 1 saturated heterocycles. The Morgan fingerprint density at radius 2 is 1.76 bits per heavy atom. The third-order valence-corrected chi connectivity index (χ3v) is 8.43. The van der Waals surface area contributed by atoms with Gasteiger partial charge in [0.1, 0.15) is 5.56 Å². The first-order valence-corrected chi connectivity index (χ1v) is 15.8. The number of amides is 1. The Labute approximate surface area is 276 Å². The van der Waals surface area contributed by atoms with E-state index < -0.39 is 5.91 Å². The fraction of sp³-hybridized carbons (Fsp3) is 0.306. The van der Waals surface area contributed by atoms with Gasteiger partial charge in [-0.2, -0.15) is 4.98 Å². The van der Waals surface area contributed by atoms with Crippen LogP contribution in [0.1, 0.15) is 40.9 Å². The summed E-state index contributed by atoms with van der Waals surface area (Å²) in [7, 11) is 1.57. The lowest BCUT2D eigenvalue weighted by Gasteiger charge is -2.39. The maximum absolute atomic E-state index is 13.7. The van der Waals surface area contributed by atoms with E-state index in [-0.39, 0.29) is 17.4 Å². The number of methoxy groups -OCH3 is 1. The molecule has 0 unspecified atom stereocenters. The Balaban J connectivity index is 1.50. The molecule has 1 aliphatic rings. The van der Waals surface area contributed by atoms with E-state index >= 15 is 0 Å². The Kier molecular flexibility index (Phi) is 10.4. The van der Waals surface area contributed by atoms with Gasteiger partial charge < -0.3 is 25.0 Å². The lowest BCUT2D eigenvalue weighted by Crippen LogP contribution is -2.49. The van der Waals surface area contributed by atoms with Crippen LogP contribution in [0.15, 0.2) is 73.4 Å². The van der Waals surface area contributed by atoms with Gasteiger partial charge in [-0.25, -0.2) is 4.98 Å². The highest BCUT2D eigenvalue weighted by Crippen LogP contribution is 2.38. The van der Waals surface area contributed by atoms with Gasteiger partial charge in [0.15, 0.2) is 11.5 Å². The highest BCUT2D eigenvalue weighted by atomic mass is 35.5. The summed E-state index contributed by atoms with van der Waals surface area (Å²) in [6.07, 6.45) is 3.97. The van der Waals surface area contributed by atoms with Crippen LogP contribution in [0, 0.1) is 13.8 Å². The number of nitrogens with one attached hydrogen (secondary N) is 2. The smallest absolute Gasteiger partial charge is 0.262 e. The largest absolute Gasteiger partial charge is 0.493 e. The minimum absolute atomic E-state index is 0.0742. The number of rotatable bonds is 11. The summed E-state index contributed by atoms with van der Waals surface area (Å²) in [6.45, 7) is 15.7. The SMILES string of the molecule is C=CCc1ccc(Oc2nc(Nc3cccc(Cl)c3N3CCN(C(C)C)CC3)ncc2C(=O)Nc2c(C)cccc2C)c(OC)c1. The number of aryl methyl sites for hydroxylation is 2. The van der Waals surface area contributed by atoms with Gasteiger partial charge in [-0.15, -0.1) is 6.58 Å². The maximum Gasteiger partial charge on any atom is 0.262 e. The van der Waals surface area contributed by atoms with E-state index in [0.29, 0.717) is 29.0 Å². The molecule has 1 aromatic heterocycles. The molecule has 0 atom stereocenters. The second-order valence-corrected chi connectivity index (χ2v) is 12.0. The van der Waals surface area contributed by atoms with Crippen molar-refractivity contribution < 1.29 is 14.3 Å². The average Bonchev–Trinajstić information content (AvgIpc) is 3.04. The summed E-state index contributed by atoms with van der Waals surface area (Å²) < 4.78 is 12.0. The number of ether oxygens (including phenoxy) is 2. The molecule has 3 aromatic carbocycles. The van der Waals surface area contributed by atoms with Crippen LogP contribution in [-0.4, -0.2) is 60.1 Å². The summed E-state index contributed by atoms with van der Waals surface area (Å²) >= 11 is 6.77. The Hall–Kier alpha value is -4.60. The van der Waals surface area contributed by atoms with Gasteiger partial charge in [0, 0.05) is 44.1 Å². The van der Waals surface area contributed by atoms with Crippen molar-refractivity contribution in [2.75, 3.05) is 48.8 Å². The van der Waals surface area contributed by atoms with Crippen molar-refractivity contribution in [2.24, 2.45) is 0 Å². The standard InChI is InChI=1S/C36H41ClN6O3/c1-7-10-26-15-16-30(31(21-26)45-6)46-35-27(34(44)40-32-24(4)11-8-12-25(32)5)22-38-36(41-35)39-29-14-9-13-28(37)33(29)43-19-17-42(18-20-43)23(2)3/h7-9,11-16,21-23H,1,10,17-20H2,2-6H3,(H,40,44)(H,38,39,41). The number of piperazine rings is 1. The number of halogens is 1. The summed E-state index contributed by atoms with van der Waals surface area (Å²) in [5, 5.41) is 7.00. The van der Waals surface area contributed by atoms with Crippen molar-refractivity contribution in [1.82, 2.24) is 14.9 Å². The van der Waals surface area contributed by atoms with Crippen molar-refractivity contribution in [1.29, 1.82) is 0 Å². The van der Waals surface area contributed by atoms with Gasteiger partial charge >= 0.3 is 0 Å². The zero-order valence-electron chi connectivity index (χ0n) is 27.1. The summed E-state index contributed by atoms with van der Waals surface area (Å²) in [4.78, 5) is 27.7. The van der Waals surface area contributed by atoms with Crippen molar-refractivity contribution in [3.8, 4) is 17.4 Å². The monoisotopic (exact) mass is 640 g/mol. The molecular formula is C36H41ClN6O3. The van der Waals surface area contributed by atoms with Crippen LogP contribution in [0.5, 0.6) is 17.4 Å². The number of hydrogen-bond donors (Lipinski definition) is 2. The molecule has 1 amide bonds. The fourth-order valence-corrected chi connectivity index (χ4v) is 5.86. The third kappa shape index (κ3) is 7.43. The van der Waals surface area contributed by atoms with Crippen LogP contribution in [0.25, 0.3) is 0 Å². The molecule has 240 valence electrons. The molecule has 1 fully saturated rings. The van der Waals surface area contributed by atoms with E-state index in [9.17, 15) is 4.79 Å². The van der Waals surface area contributed by atoms with Gasteiger partial charge in [-0.05, 0) is 75.1 Å². The molecule has 4 aromatic rings. The number of allylic oxidation sites excluding steroid dienone is 1. The van der Waals surface area contributed by atoms with Crippen LogP contribution in [0.3, 0.4) is 0 Å². The summed E-state index contributed by atoms with van der Waals surface area (Å²) in [5.41, 5.74) is 5.44. The first-order valence-electron chi connectivity index (χ1n) is 15.4. The van der Waals surface area contributed by atoms with Gasteiger partial charge in [0.05, 0.1) is 23.5 Å². The highest BCUT2D eigenvalue weighted by Gasteiger charge is 2.24. The predicted octanol–water partition coefficient (Wildman–Crippen LogP) is 7.80. The van der Waals surface area contributed by atoms with Crippen molar-refractivity contribution >= 4 is 40.5 Å². The number of carbonyl (C=O) groups excluding carboxylic acids is 1. The molecule has 2 N–H and O–H groups in total. The van der Waals surface area contributed by atoms with E-state index in [4.69, 9.17) is 26.1 Å². The molecule has 2 heterocycles. The molecule has 5 rings (SSSR count). The second kappa shape index (κ2) is 14.7. The number of hydrogen-bond acceptors (Lipinski definition) is 8. The van der Waals surface area contributed by atoms with Gasteiger partial charge in [-0.1, -0.05) is 48.0 Å². The lowest BCUT2D eigenvalue weighted by molar-refractivity contribution is 0.102. The zero-order valence-corrected chi connectivity index (χ0v) is 27.8. The Morgan fingerprint density at radius 3 is 2.43 bits per heavy atom. The van der Waals surface area contributed by atoms with Crippen LogP contribution >= 0.6 is 11.6 Å². The molecule has 0 aliphatic carbocycles.